The molecule has 0 spiro atoms. The SMILES string of the molecule is CC(C)(NCc1ccc(Br)c(F)c1)C1CC1. The van der Waals surface area contributed by atoms with Gasteiger partial charge in [-0.1, -0.05) is 6.07 Å². The van der Waals surface area contributed by atoms with E-state index in [0.29, 0.717) is 4.47 Å². The monoisotopic (exact) mass is 285 g/mol. The Kier molecular flexibility index (Phi) is 3.36. The molecule has 1 fully saturated rings. The van der Waals surface area contributed by atoms with Gasteiger partial charge in [0.15, 0.2) is 0 Å². The van der Waals surface area contributed by atoms with E-state index in [4.69, 9.17) is 0 Å². The van der Waals surface area contributed by atoms with Crippen molar-refractivity contribution in [2.24, 2.45) is 5.92 Å². The van der Waals surface area contributed by atoms with Gasteiger partial charge in [-0.05, 0) is 66.2 Å². The van der Waals surface area contributed by atoms with E-state index in [1.807, 2.05) is 6.07 Å². The van der Waals surface area contributed by atoms with Crippen LogP contribution in [0.15, 0.2) is 22.7 Å². The summed E-state index contributed by atoms with van der Waals surface area (Å²) < 4.78 is 13.8. The summed E-state index contributed by atoms with van der Waals surface area (Å²) in [5, 5.41) is 3.50. The smallest absolute Gasteiger partial charge is 0.137 e. The molecule has 1 aliphatic rings. The van der Waals surface area contributed by atoms with Crippen LogP contribution in [0.5, 0.6) is 0 Å². The van der Waals surface area contributed by atoms with E-state index < -0.39 is 0 Å². The van der Waals surface area contributed by atoms with Crippen LogP contribution in [0.2, 0.25) is 0 Å². The maximum Gasteiger partial charge on any atom is 0.137 e. The quantitative estimate of drug-likeness (QED) is 0.886. The van der Waals surface area contributed by atoms with Crippen molar-refractivity contribution in [1.82, 2.24) is 5.32 Å². The van der Waals surface area contributed by atoms with Crippen LogP contribution in [0.4, 0.5) is 4.39 Å². The normalized spacial score (nSPS) is 16.5. The molecule has 0 saturated heterocycles. The molecule has 0 radical (unpaired) electrons. The number of rotatable bonds is 4. The van der Waals surface area contributed by atoms with E-state index in [1.165, 1.54) is 12.8 Å². The topological polar surface area (TPSA) is 12.0 Å². The molecule has 1 nitrogen and oxygen atoms in total. The lowest BCUT2D eigenvalue weighted by Gasteiger charge is -2.26. The average molecular weight is 286 g/mol. The molecule has 1 aromatic rings. The molecule has 1 N–H and O–H groups in total. The van der Waals surface area contributed by atoms with Crippen molar-refractivity contribution in [1.29, 1.82) is 0 Å². The van der Waals surface area contributed by atoms with Crippen molar-refractivity contribution in [2.45, 2.75) is 38.8 Å². The molecular formula is C13H17BrFN. The number of halogens is 2. The predicted octanol–water partition coefficient (Wildman–Crippen LogP) is 3.87. The van der Waals surface area contributed by atoms with Gasteiger partial charge >= 0.3 is 0 Å². The Hall–Kier alpha value is -0.410. The molecule has 3 heteroatoms. The lowest BCUT2D eigenvalue weighted by atomic mass is 9.98. The molecule has 0 bridgehead atoms. The molecule has 88 valence electrons. The highest BCUT2D eigenvalue weighted by Crippen LogP contribution is 2.39. The average Bonchev–Trinajstić information content (AvgIpc) is 3.03. The molecule has 0 unspecified atom stereocenters. The summed E-state index contributed by atoms with van der Waals surface area (Å²) in [7, 11) is 0. The zero-order valence-corrected chi connectivity index (χ0v) is 11.3. The maximum atomic E-state index is 13.3. The Morgan fingerprint density at radius 1 is 1.44 bits per heavy atom. The third-order valence-corrected chi connectivity index (χ3v) is 3.97. The standard InChI is InChI=1S/C13H17BrFN/c1-13(2,10-4-5-10)16-8-9-3-6-11(14)12(15)7-9/h3,6-7,10,16H,4-5,8H2,1-2H3. The predicted molar refractivity (Wildman–Crippen MR) is 67.7 cm³/mol. The number of nitrogens with one attached hydrogen (secondary N) is 1. The molecule has 1 aromatic carbocycles. The molecule has 2 rings (SSSR count). The Bertz CT molecular complexity index is 386. The molecule has 1 aliphatic carbocycles. The number of hydrogen-bond acceptors (Lipinski definition) is 1. The molecule has 0 heterocycles. The van der Waals surface area contributed by atoms with Crippen molar-refractivity contribution in [3.8, 4) is 0 Å². The molecule has 0 aliphatic heterocycles. The van der Waals surface area contributed by atoms with Gasteiger partial charge in [0, 0.05) is 12.1 Å². The van der Waals surface area contributed by atoms with Gasteiger partial charge in [-0.15, -0.1) is 0 Å². The summed E-state index contributed by atoms with van der Waals surface area (Å²) in [6.45, 7) is 5.17. The summed E-state index contributed by atoms with van der Waals surface area (Å²) >= 11 is 3.16. The van der Waals surface area contributed by atoms with Crippen LogP contribution < -0.4 is 5.32 Å². The minimum atomic E-state index is -0.191. The second-order valence-corrected chi connectivity index (χ2v) is 5.95. The van der Waals surface area contributed by atoms with Crippen molar-refractivity contribution in [2.75, 3.05) is 0 Å². The fourth-order valence-electron chi connectivity index (χ4n) is 1.93. The Morgan fingerprint density at radius 2 is 2.12 bits per heavy atom. The van der Waals surface area contributed by atoms with E-state index in [-0.39, 0.29) is 11.4 Å². The van der Waals surface area contributed by atoms with E-state index in [1.54, 1.807) is 12.1 Å². The summed E-state index contributed by atoms with van der Waals surface area (Å²) in [5.74, 6) is 0.594. The minimum absolute atomic E-state index is 0.170. The van der Waals surface area contributed by atoms with E-state index in [9.17, 15) is 4.39 Å². The maximum absolute atomic E-state index is 13.3. The van der Waals surface area contributed by atoms with Gasteiger partial charge in [-0.25, -0.2) is 4.39 Å². The van der Waals surface area contributed by atoms with Gasteiger partial charge < -0.3 is 5.32 Å². The molecule has 0 aromatic heterocycles. The number of benzene rings is 1. The minimum Gasteiger partial charge on any atom is -0.307 e. The number of hydrogen-bond donors (Lipinski definition) is 1. The highest BCUT2D eigenvalue weighted by atomic mass is 79.9. The van der Waals surface area contributed by atoms with Crippen LogP contribution in [0, 0.1) is 11.7 Å². The Morgan fingerprint density at radius 3 is 2.69 bits per heavy atom. The van der Waals surface area contributed by atoms with Crippen molar-refractivity contribution in [3.63, 3.8) is 0 Å². The lowest BCUT2D eigenvalue weighted by Crippen LogP contribution is -2.40. The molecule has 0 atom stereocenters. The van der Waals surface area contributed by atoms with Crippen LogP contribution in [-0.2, 0) is 6.54 Å². The largest absolute Gasteiger partial charge is 0.307 e. The fraction of sp³-hybridized carbons (Fsp3) is 0.538. The van der Waals surface area contributed by atoms with Gasteiger partial charge in [-0.2, -0.15) is 0 Å². The summed E-state index contributed by atoms with van der Waals surface area (Å²) in [6.07, 6.45) is 2.63. The summed E-state index contributed by atoms with van der Waals surface area (Å²) in [4.78, 5) is 0. The second kappa shape index (κ2) is 4.46. The summed E-state index contributed by atoms with van der Waals surface area (Å²) in [5.41, 5.74) is 1.17. The highest BCUT2D eigenvalue weighted by Gasteiger charge is 2.37. The highest BCUT2D eigenvalue weighted by molar-refractivity contribution is 9.10. The second-order valence-electron chi connectivity index (χ2n) is 5.10. The first-order valence-electron chi connectivity index (χ1n) is 5.68. The third kappa shape index (κ3) is 2.83. The van der Waals surface area contributed by atoms with Crippen molar-refractivity contribution < 1.29 is 4.39 Å². The van der Waals surface area contributed by atoms with Crippen molar-refractivity contribution in [3.05, 3.63) is 34.1 Å². The Balaban J connectivity index is 1.96. The first kappa shape index (κ1) is 12.1. The van der Waals surface area contributed by atoms with E-state index >= 15 is 0 Å². The van der Waals surface area contributed by atoms with E-state index in [2.05, 4.69) is 35.1 Å². The van der Waals surface area contributed by atoms with Crippen LogP contribution in [0.25, 0.3) is 0 Å². The van der Waals surface area contributed by atoms with Gasteiger partial charge in [0.25, 0.3) is 0 Å². The zero-order chi connectivity index (χ0) is 11.8. The van der Waals surface area contributed by atoms with Crippen LogP contribution >= 0.6 is 15.9 Å². The fourth-order valence-corrected chi connectivity index (χ4v) is 2.18. The first-order valence-corrected chi connectivity index (χ1v) is 6.47. The van der Waals surface area contributed by atoms with Gasteiger partial charge in [0.05, 0.1) is 4.47 Å². The molecule has 1 saturated carbocycles. The van der Waals surface area contributed by atoms with Gasteiger partial charge in [0.2, 0.25) is 0 Å². The lowest BCUT2D eigenvalue weighted by molar-refractivity contribution is 0.339. The summed E-state index contributed by atoms with van der Waals surface area (Å²) in [6, 6.07) is 5.29. The van der Waals surface area contributed by atoms with Crippen LogP contribution in [0.3, 0.4) is 0 Å². The van der Waals surface area contributed by atoms with Crippen LogP contribution in [0.1, 0.15) is 32.3 Å². The molecule has 0 amide bonds. The Labute approximate surface area is 105 Å². The van der Waals surface area contributed by atoms with Gasteiger partial charge in [0.1, 0.15) is 5.82 Å². The van der Waals surface area contributed by atoms with E-state index in [0.717, 1.165) is 18.0 Å². The molecular weight excluding hydrogens is 269 g/mol. The van der Waals surface area contributed by atoms with Gasteiger partial charge in [-0.3, -0.25) is 0 Å². The third-order valence-electron chi connectivity index (χ3n) is 3.33. The molecule has 16 heavy (non-hydrogen) atoms. The first-order chi connectivity index (χ1) is 7.49. The van der Waals surface area contributed by atoms with Crippen LogP contribution in [-0.4, -0.2) is 5.54 Å². The van der Waals surface area contributed by atoms with Crippen molar-refractivity contribution >= 4 is 15.9 Å². The zero-order valence-electron chi connectivity index (χ0n) is 9.69.